The van der Waals surface area contributed by atoms with E-state index in [4.69, 9.17) is 10.7 Å². The zero-order valence-electron chi connectivity index (χ0n) is 11.8. The molecule has 1 aliphatic heterocycles. The van der Waals surface area contributed by atoms with Gasteiger partial charge in [-0.05, 0) is 37.1 Å². The maximum Gasteiger partial charge on any atom is 0.129 e. The molecule has 1 fully saturated rings. The van der Waals surface area contributed by atoms with Crippen molar-refractivity contribution in [3.8, 4) is 11.3 Å². The fourth-order valence-electron chi connectivity index (χ4n) is 2.76. The monoisotopic (exact) mass is 267 g/mol. The molecule has 0 bridgehead atoms. The molecule has 2 aromatic rings. The molecule has 3 nitrogen and oxygen atoms in total. The van der Waals surface area contributed by atoms with Crippen LogP contribution in [-0.4, -0.2) is 18.1 Å². The van der Waals surface area contributed by atoms with Gasteiger partial charge in [0.15, 0.2) is 0 Å². The Bertz CT molecular complexity index is 572. The fourth-order valence-corrected chi connectivity index (χ4v) is 2.76. The van der Waals surface area contributed by atoms with E-state index in [1.165, 1.54) is 25.7 Å². The van der Waals surface area contributed by atoms with Gasteiger partial charge in [-0.1, -0.05) is 31.0 Å². The minimum Gasteiger partial charge on any atom is -0.399 e. The molecule has 1 aromatic carbocycles. The molecule has 3 rings (SSSR count). The first kappa shape index (κ1) is 13.0. The number of nitrogen functional groups attached to an aromatic ring is 1. The predicted octanol–water partition coefficient (Wildman–Crippen LogP) is 3.71. The first-order chi connectivity index (χ1) is 9.83. The summed E-state index contributed by atoms with van der Waals surface area (Å²) < 4.78 is 0. The van der Waals surface area contributed by atoms with Crippen molar-refractivity contribution in [3.05, 3.63) is 42.5 Å². The largest absolute Gasteiger partial charge is 0.399 e. The first-order valence-electron chi connectivity index (χ1n) is 7.41. The van der Waals surface area contributed by atoms with Crippen LogP contribution < -0.4 is 10.6 Å². The number of aromatic nitrogens is 1. The molecule has 0 aliphatic carbocycles. The molecule has 0 atom stereocenters. The Morgan fingerprint density at radius 2 is 1.65 bits per heavy atom. The van der Waals surface area contributed by atoms with E-state index in [1.54, 1.807) is 0 Å². The highest BCUT2D eigenvalue weighted by atomic mass is 15.2. The van der Waals surface area contributed by atoms with Gasteiger partial charge in [0.05, 0.1) is 5.69 Å². The lowest BCUT2D eigenvalue weighted by Gasteiger charge is -2.21. The summed E-state index contributed by atoms with van der Waals surface area (Å²) in [5.74, 6) is 1.09. The summed E-state index contributed by atoms with van der Waals surface area (Å²) in [6, 6.07) is 14.2. The molecule has 3 heteroatoms. The van der Waals surface area contributed by atoms with Crippen LogP contribution in [0.1, 0.15) is 25.7 Å². The smallest absolute Gasteiger partial charge is 0.129 e. The molecule has 104 valence electrons. The summed E-state index contributed by atoms with van der Waals surface area (Å²) >= 11 is 0. The molecule has 0 saturated carbocycles. The molecule has 2 N–H and O–H groups in total. The van der Waals surface area contributed by atoms with Crippen molar-refractivity contribution >= 4 is 11.5 Å². The first-order valence-corrected chi connectivity index (χ1v) is 7.41. The van der Waals surface area contributed by atoms with E-state index in [2.05, 4.69) is 29.2 Å². The molecule has 0 unspecified atom stereocenters. The number of hydrogen-bond acceptors (Lipinski definition) is 3. The Labute approximate surface area is 120 Å². The van der Waals surface area contributed by atoms with Crippen LogP contribution in [0.5, 0.6) is 0 Å². The van der Waals surface area contributed by atoms with Crippen molar-refractivity contribution in [2.75, 3.05) is 23.7 Å². The SMILES string of the molecule is Nc1cccc(-c2cccc(N3CCCCCC3)n2)c1. The van der Waals surface area contributed by atoms with Gasteiger partial charge in [-0.15, -0.1) is 0 Å². The highest BCUT2D eigenvalue weighted by molar-refractivity contribution is 5.65. The summed E-state index contributed by atoms with van der Waals surface area (Å²) in [6.07, 6.45) is 5.21. The molecule has 20 heavy (non-hydrogen) atoms. The standard InChI is InChI=1S/C17H21N3/c18-15-8-5-7-14(13-15)16-9-6-10-17(19-16)20-11-3-1-2-4-12-20/h5-10,13H,1-4,11-12,18H2. The van der Waals surface area contributed by atoms with Crippen molar-refractivity contribution in [1.29, 1.82) is 0 Å². The molecular formula is C17H21N3. The molecule has 2 heterocycles. The van der Waals surface area contributed by atoms with E-state index in [0.717, 1.165) is 35.9 Å². The van der Waals surface area contributed by atoms with Gasteiger partial charge in [-0.3, -0.25) is 0 Å². The Kier molecular flexibility index (Phi) is 3.86. The van der Waals surface area contributed by atoms with Crippen LogP contribution >= 0.6 is 0 Å². The minimum absolute atomic E-state index is 0.782. The van der Waals surface area contributed by atoms with Crippen molar-refractivity contribution in [1.82, 2.24) is 4.98 Å². The third-order valence-corrected chi connectivity index (χ3v) is 3.85. The lowest BCUT2D eigenvalue weighted by molar-refractivity contribution is 0.726. The second-order valence-electron chi connectivity index (χ2n) is 5.41. The van der Waals surface area contributed by atoms with E-state index >= 15 is 0 Å². The van der Waals surface area contributed by atoms with Crippen LogP contribution in [0.15, 0.2) is 42.5 Å². The van der Waals surface area contributed by atoms with Crippen molar-refractivity contribution in [3.63, 3.8) is 0 Å². The Morgan fingerprint density at radius 3 is 2.40 bits per heavy atom. The third-order valence-electron chi connectivity index (χ3n) is 3.85. The van der Waals surface area contributed by atoms with Gasteiger partial charge in [-0.25, -0.2) is 4.98 Å². The van der Waals surface area contributed by atoms with Gasteiger partial charge < -0.3 is 10.6 Å². The van der Waals surface area contributed by atoms with E-state index in [-0.39, 0.29) is 0 Å². The average molecular weight is 267 g/mol. The topological polar surface area (TPSA) is 42.1 Å². The third kappa shape index (κ3) is 2.93. The summed E-state index contributed by atoms with van der Waals surface area (Å²) in [5.41, 5.74) is 8.73. The molecule has 0 amide bonds. The zero-order valence-corrected chi connectivity index (χ0v) is 11.8. The average Bonchev–Trinajstić information content (AvgIpc) is 2.76. The van der Waals surface area contributed by atoms with E-state index in [1.807, 2.05) is 18.2 Å². The Morgan fingerprint density at radius 1 is 0.900 bits per heavy atom. The van der Waals surface area contributed by atoms with Crippen LogP contribution in [0.3, 0.4) is 0 Å². The predicted molar refractivity (Wildman–Crippen MR) is 84.8 cm³/mol. The molecule has 1 saturated heterocycles. The van der Waals surface area contributed by atoms with Crippen LogP contribution in [-0.2, 0) is 0 Å². The van der Waals surface area contributed by atoms with Gasteiger partial charge >= 0.3 is 0 Å². The van der Waals surface area contributed by atoms with Gasteiger partial charge in [-0.2, -0.15) is 0 Å². The number of rotatable bonds is 2. The van der Waals surface area contributed by atoms with Crippen molar-refractivity contribution in [2.45, 2.75) is 25.7 Å². The lowest BCUT2D eigenvalue weighted by atomic mass is 10.1. The molecular weight excluding hydrogens is 246 g/mol. The second-order valence-corrected chi connectivity index (χ2v) is 5.41. The fraction of sp³-hybridized carbons (Fsp3) is 0.353. The number of nitrogens with zero attached hydrogens (tertiary/aromatic N) is 2. The summed E-state index contributed by atoms with van der Waals surface area (Å²) in [7, 11) is 0. The normalized spacial score (nSPS) is 15.9. The second kappa shape index (κ2) is 5.95. The minimum atomic E-state index is 0.782. The maximum absolute atomic E-state index is 5.86. The summed E-state index contributed by atoms with van der Waals surface area (Å²) in [4.78, 5) is 7.23. The summed E-state index contributed by atoms with van der Waals surface area (Å²) in [6.45, 7) is 2.24. The number of pyridine rings is 1. The van der Waals surface area contributed by atoms with Crippen LogP contribution in [0.25, 0.3) is 11.3 Å². The highest BCUT2D eigenvalue weighted by Crippen LogP contribution is 2.23. The summed E-state index contributed by atoms with van der Waals surface area (Å²) in [5, 5.41) is 0. The number of benzene rings is 1. The van der Waals surface area contributed by atoms with Gasteiger partial charge in [0.25, 0.3) is 0 Å². The van der Waals surface area contributed by atoms with Gasteiger partial charge in [0.1, 0.15) is 5.82 Å². The molecule has 1 aromatic heterocycles. The molecule has 0 spiro atoms. The lowest BCUT2D eigenvalue weighted by Crippen LogP contribution is -2.24. The van der Waals surface area contributed by atoms with Crippen LogP contribution in [0, 0.1) is 0 Å². The zero-order chi connectivity index (χ0) is 13.8. The van der Waals surface area contributed by atoms with Crippen LogP contribution in [0.4, 0.5) is 11.5 Å². The van der Waals surface area contributed by atoms with E-state index < -0.39 is 0 Å². The molecule has 0 radical (unpaired) electrons. The quantitative estimate of drug-likeness (QED) is 0.843. The van der Waals surface area contributed by atoms with Crippen LogP contribution in [0.2, 0.25) is 0 Å². The molecule has 1 aliphatic rings. The van der Waals surface area contributed by atoms with Gasteiger partial charge in [0.2, 0.25) is 0 Å². The number of nitrogens with two attached hydrogens (primary N) is 1. The highest BCUT2D eigenvalue weighted by Gasteiger charge is 2.11. The van der Waals surface area contributed by atoms with E-state index in [9.17, 15) is 0 Å². The number of hydrogen-bond donors (Lipinski definition) is 1. The van der Waals surface area contributed by atoms with E-state index in [0.29, 0.717) is 0 Å². The van der Waals surface area contributed by atoms with Crippen molar-refractivity contribution in [2.24, 2.45) is 0 Å². The Balaban J connectivity index is 1.89. The number of anilines is 2. The Hall–Kier alpha value is -2.03. The van der Waals surface area contributed by atoms with Crippen molar-refractivity contribution < 1.29 is 0 Å². The van der Waals surface area contributed by atoms with Gasteiger partial charge in [0, 0.05) is 24.3 Å². The maximum atomic E-state index is 5.86.